The van der Waals surface area contributed by atoms with Gasteiger partial charge in [-0.2, -0.15) is 0 Å². The molecule has 4 aliphatic carbocycles. The Bertz CT molecular complexity index is 1040. The van der Waals surface area contributed by atoms with Crippen molar-refractivity contribution in [3.05, 3.63) is 47.5 Å². The molecule has 5 rings (SSSR count). The van der Waals surface area contributed by atoms with Crippen molar-refractivity contribution in [1.29, 1.82) is 0 Å². The van der Waals surface area contributed by atoms with E-state index in [4.69, 9.17) is 9.47 Å². The highest BCUT2D eigenvalue weighted by Crippen LogP contribution is 2.67. The SMILES string of the molecule is CC[C@H](CC[C@@H](C)[C@H]1CC[C@H]2[C@@H]3CC=C4C[C@@H](OC(=O)COCc5ccccc5)CC[C@]4(C)[C@H]3CC[C@]12C)C(C)C. The summed E-state index contributed by atoms with van der Waals surface area (Å²) in [4.78, 5) is 12.6. The van der Waals surface area contributed by atoms with E-state index in [1.54, 1.807) is 5.57 Å². The van der Waals surface area contributed by atoms with Crippen LogP contribution in [0.2, 0.25) is 0 Å². The van der Waals surface area contributed by atoms with Crippen LogP contribution in [0.4, 0.5) is 0 Å². The Hall–Kier alpha value is -1.61. The minimum atomic E-state index is -0.220. The summed E-state index contributed by atoms with van der Waals surface area (Å²) in [6.45, 7) is 15.5. The summed E-state index contributed by atoms with van der Waals surface area (Å²) in [5, 5.41) is 0. The molecular weight excluding hydrogens is 504 g/mol. The van der Waals surface area contributed by atoms with Crippen LogP contribution in [0.25, 0.3) is 0 Å². The second-order valence-corrected chi connectivity index (χ2v) is 15.3. The number of carbonyl (C=O) groups excluding carboxylic acids is 1. The topological polar surface area (TPSA) is 35.5 Å². The Labute approximate surface area is 251 Å². The molecule has 228 valence electrons. The quantitative estimate of drug-likeness (QED) is 0.199. The molecule has 0 spiro atoms. The molecule has 0 amide bonds. The fourth-order valence-electron chi connectivity index (χ4n) is 10.4. The second kappa shape index (κ2) is 12.9. The summed E-state index contributed by atoms with van der Waals surface area (Å²) in [6, 6.07) is 10.0. The number of hydrogen-bond donors (Lipinski definition) is 0. The van der Waals surface area contributed by atoms with Crippen LogP contribution in [0.5, 0.6) is 0 Å². The Kier molecular flexibility index (Phi) is 9.74. The van der Waals surface area contributed by atoms with Crippen molar-refractivity contribution in [2.45, 2.75) is 125 Å². The highest BCUT2D eigenvalue weighted by molar-refractivity contribution is 5.71. The first-order chi connectivity index (χ1) is 19.7. The maximum absolute atomic E-state index is 12.6. The third-order valence-corrected chi connectivity index (χ3v) is 12.9. The summed E-state index contributed by atoms with van der Waals surface area (Å²) in [5.74, 6) is 5.74. The predicted octanol–water partition coefficient (Wildman–Crippen LogP) is 9.79. The van der Waals surface area contributed by atoms with Crippen molar-refractivity contribution in [3.63, 3.8) is 0 Å². The number of hydrogen-bond acceptors (Lipinski definition) is 3. The monoisotopic (exact) mass is 562 g/mol. The van der Waals surface area contributed by atoms with E-state index in [1.165, 1.54) is 51.4 Å². The molecule has 0 unspecified atom stereocenters. The Balaban J connectivity index is 1.17. The van der Waals surface area contributed by atoms with E-state index in [0.29, 0.717) is 12.0 Å². The fraction of sp³-hybridized carbons (Fsp3) is 0.763. The highest BCUT2D eigenvalue weighted by Gasteiger charge is 2.59. The summed E-state index contributed by atoms with van der Waals surface area (Å²) in [5.41, 5.74) is 3.47. The Morgan fingerprint density at radius 2 is 1.76 bits per heavy atom. The number of carbonyl (C=O) groups is 1. The first-order valence-corrected chi connectivity index (χ1v) is 17.2. The van der Waals surface area contributed by atoms with Gasteiger partial charge in [-0.1, -0.05) is 96.4 Å². The maximum Gasteiger partial charge on any atom is 0.332 e. The van der Waals surface area contributed by atoms with Crippen molar-refractivity contribution in [2.24, 2.45) is 52.3 Å². The number of fused-ring (bicyclic) bond motifs is 5. The van der Waals surface area contributed by atoms with Crippen LogP contribution in [0, 0.1) is 52.3 Å². The number of esters is 1. The van der Waals surface area contributed by atoms with Crippen LogP contribution in [0.3, 0.4) is 0 Å². The third-order valence-electron chi connectivity index (χ3n) is 12.9. The van der Waals surface area contributed by atoms with E-state index in [2.05, 4.69) is 47.6 Å². The normalized spacial score (nSPS) is 36.1. The molecule has 9 atom stereocenters. The fourth-order valence-corrected chi connectivity index (χ4v) is 10.4. The van der Waals surface area contributed by atoms with Gasteiger partial charge in [0.15, 0.2) is 0 Å². The van der Waals surface area contributed by atoms with Gasteiger partial charge < -0.3 is 9.47 Å². The molecule has 4 aliphatic rings. The van der Waals surface area contributed by atoms with Gasteiger partial charge in [0, 0.05) is 6.42 Å². The van der Waals surface area contributed by atoms with Crippen molar-refractivity contribution >= 4 is 5.97 Å². The molecule has 0 bridgehead atoms. The smallest absolute Gasteiger partial charge is 0.332 e. The Morgan fingerprint density at radius 1 is 0.976 bits per heavy atom. The molecule has 0 N–H and O–H groups in total. The van der Waals surface area contributed by atoms with Crippen molar-refractivity contribution in [3.8, 4) is 0 Å². The molecule has 3 fully saturated rings. The van der Waals surface area contributed by atoms with E-state index in [-0.39, 0.29) is 24.1 Å². The van der Waals surface area contributed by atoms with Gasteiger partial charge in [0.1, 0.15) is 12.7 Å². The van der Waals surface area contributed by atoms with Gasteiger partial charge in [0.25, 0.3) is 0 Å². The Morgan fingerprint density at radius 3 is 2.49 bits per heavy atom. The lowest BCUT2D eigenvalue weighted by molar-refractivity contribution is -0.157. The second-order valence-electron chi connectivity index (χ2n) is 15.3. The average Bonchev–Trinajstić information content (AvgIpc) is 3.31. The van der Waals surface area contributed by atoms with Gasteiger partial charge >= 0.3 is 5.97 Å². The van der Waals surface area contributed by atoms with Crippen molar-refractivity contribution < 1.29 is 14.3 Å². The van der Waals surface area contributed by atoms with E-state index in [0.717, 1.165) is 66.3 Å². The van der Waals surface area contributed by atoms with Crippen molar-refractivity contribution in [1.82, 2.24) is 0 Å². The largest absolute Gasteiger partial charge is 0.460 e. The zero-order valence-electron chi connectivity index (χ0n) is 27.0. The van der Waals surface area contributed by atoms with Crippen molar-refractivity contribution in [2.75, 3.05) is 6.61 Å². The van der Waals surface area contributed by atoms with E-state index < -0.39 is 0 Å². The summed E-state index contributed by atoms with van der Waals surface area (Å²) < 4.78 is 11.6. The van der Waals surface area contributed by atoms with Crippen LogP contribution in [-0.2, 0) is 20.9 Å². The number of benzene rings is 1. The number of rotatable bonds is 11. The third kappa shape index (κ3) is 6.36. The van der Waals surface area contributed by atoms with Crippen LogP contribution >= 0.6 is 0 Å². The summed E-state index contributed by atoms with van der Waals surface area (Å²) >= 11 is 0. The van der Waals surface area contributed by atoms with E-state index in [9.17, 15) is 4.79 Å². The first kappa shape index (κ1) is 30.8. The summed E-state index contributed by atoms with van der Waals surface area (Å²) in [6.07, 6.45) is 16.7. The maximum atomic E-state index is 12.6. The van der Waals surface area contributed by atoms with Gasteiger partial charge in [-0.05, 0) is 109 Å². The molecule has 3 nitrogen and oxygen atoms in total. The van der Waals surface area contributed by atoms with Crippen LogP contribution in [0.15, 0.2) is 42.0 Å². The van der Waals surface area contributed by atoms with Crippen LogP contribution in [0.1, 0.15) is 118 Å². The van der Waals surface area contributed by atoms with Crippen LogP contribution < -0.4 is 0 Å². The molecule has 3 heteroatoms. The molecule has 41 heavy (non-hydrogen) atoms. The van der Waals surface area contributed by atoms with Gasteiger partial charge in [0.05, 0.1) is 6.61 Å². The van der Waals surface area contributed by atoms with E-state index in [1.807, 2.05) is 30.3 Å². The number of ether oxygens (including phenoxy) is 2. The molecule has 0 saturated heterocycles. The molecular formula is C38H58O3. The lowest BCUT2D eigenvalue weighted by Crippen LogP contribution is -2.51. The van der Waals surface area contributed by atoms with E-state index >= 15 is 0 Å². The first-order valence-electron chi connectivity index (χ1n) is 17.2. The average molecular weight is 563 g/mol. The van der Waals surface area contributed by atoms with Gasteiger partial charge in [-0.15, -0.1) is 0 Å². The zero-order valence-corrected chi connectivity index (χ0v) is 27.0. The lowest BCUT2D eigenvalue weighted by Gasteiger charge is -2.58. The van der Waals surface area contributed by atoms with Gasteiger partial charge in [0.2, 0.25) is 0 Å². The van der Waals surface area contributed by atoms with Crippen LogP contribution in [-0.4, -0.2) is 18.7 Å². The van der Waals surface area contributed by atoms with Gasteiger partial charge in [-0.25, -0.2) is 4.79 Å². The minimum Gasteiger partial charge on any atom is -0.460 e. The summed E-state index contributed by atoms with van der Waals surface area (Å²) in [7, 11) is 0. The lowest BCUT2D eigenvalue weighted by atomic mass is 9.47. The predicted molar refractivity (Wildman–Crippen MR) is 168 cm³/mol. The number of allylic oxidation sites excluding steroid dienone is 1. The molecule has 1 aromatic rings. The molecule has 0 aliphatic heterocycles. The molecule has 0 heterocycles. The standard InChI is InChI=1S/C38H58O3/c1-7-29(26(2)3)14-13-27(4)33-17-18-34-32-16-15-30-23-31(19-21-37(30,5)35(32)20-22-38(33,34)6)41-36(39)25-40-24-28-11-9-8-10-12-28/h8-12,15,26-27,29,31-35H,7,13-14,16-25H2,1-6H3/t27-,29-,31+,32+,33-,34+,35+,37+,38-/m1/s1. The van der Waals surface area contributed by atoms with Gasteiger partial charge in [-0.3, -0.25) is 0 Å². The molecule has 1 aromatic carbocycles. The molecule has 3 saturated carbocycles. The highest BCUT2D eigenvalue weighted by atomic mass is 16.6. The zero-order chi connectivity index (χ0) is 29.2. The molecule has 0 aromatic heterocycles. The minimum absolute atomic E-state index is 0.00190. The molecule has 0 radical (unpaired) electrons.